The molecule has 0 spiro atoms. The van der Waals surface area contributed by atoms with Crippen molar-refractivity contribution in [3.8, 4) is 11.4 Å². The minimum absolute atomic E-state index is 0.115. The Morgan fingerprint density at radius 3 is 2.40 bits per heavy atom. The van der Waals surface area contributed by atoms with Gasteiger partial charge in [0.25, 0.3) is 0 Å². The maximum Gasteiger partial charge on any atom is 0.307 e. The molecule has 7 rings (SSSR count). The van der Waals surface area contributed by atoms with Crippen LogP contribution in [0, 0.1) is 62.1 Å². The number of carboxylic acids is 1. The van der Waals surface area contributed by atoms with Gasteiger partial charge in [-0.15, -0.1) is 0 Å². The van der Waals surface area contributed by atoms with E-state index in [0.29, 0.717) is 37.6 Å². The summed E-state index contributed by atoms with van der Waals surface area (Å²) in [7, 11) is 0. The number of aliphatic carboxylic acids is 1. The lowest BCUT2D eigenvalue weighted by molar-refractivity contribution is -0.253. The second-order valence-electron chi connectivity index (χ2n) is 20.8. The molecule has 12 atom stereocenters. The van der Waals surface area contributed by atoms with E-state index in [1.165, 1.54) is 5.57 Å². The van der Waals surface area contributed by atoms with Gasteiger partial charge in [-0.25, -0.2) is 9.67 Å². The number of nitrogens with two attached hydrogens (primary N) is 1. The molecule has 292 valence electrons. The summed E-state index contributed by atoms with van der Waals surface area (Å²) in [6.07, 6.45) is 13.3. The normalized spacial score (nSPS) is 41.4. The highest BCUT2D eigenvalue weighted by molar-refractivity contribution is 5.73. The number of hydrogen-bond acceptors (Lipinski definition) is 7. The summed E-state index contributed by atoms with van der Waals surface area (Å²) >= 11 is 0. The Hall–Kier alpha value is -2.62. The molecule has 4 fully saturated rings. The molecule has 2 aromatic heterocycles. The summed E-state index contributed by atoms with van der Waals surface area (Å²) in [6.45, 7) is 26.6. The number of rotatable bonds is 8. The van der Waals surface area contributed by atoms with Gasteiger partial charge in [-0.1, -0.05) is 80.9 Å². The Morgan fingerprint density at radius 1 is 1.06 bits per heavy atom. The smallest absolute Gasteiger partial charge is 0.307 e. The topological polar surface area (TPSA) is 125 Å². The maximum absolute atomic E-state index is 13.6. The van der Waals surface area contributed by atoms with Gasteiger partial charge < -0.3 is 20.3 Å². The third-order valence-corrected chi connectivity index (χ3v) is 17.2. The first-order valence-electron chi connectivity index (χ1n) is 20.4. The lowest BCUT2D eigenvalue weighted by Crippen LogP contribution is -2.69. The molecular weight excluding hydrogens is 663 g/mol. The number of carbonyl (C=O) groups is 1. The highest BCUT2D eigenvalue weighted by Crippen LogP contribution is 2.75. The second-order valence-corrected chi connectivity index (χ2v) is 20.8. The molecule has 5 aliphatic rings. The zero-order valence-electron chi connectivity index (χ0n) is 34.4. The molecule has 2 unspecified atom stereocenters. The zero-order valence-corrected chi connectivity index (χ0v) is 34.4. The van der Waals surface area contributed by atoms with Crippen molar-refractivity contribution in [1.82, 2.24) is 19.7 Å². The van der Waals surface area contributed by atoms with Crippen LogP contribution >= 0.6 is 0 Å². The second kappa shape index (κ2) is 12.7. The summed E-state index contributed by atoms with van der Waals surface area (Å²) < 4.78 is 16.1. The minimum Gasteiger partial charge on any atom is -0.481 e. The van der Waals surface area contributed by atoms with E-state index in [-0.39, 0.29) is 50.6 Å². The van der Waals surface area contributed by atoms with Crippen LogP contribution in [-0.4, -0.2) is 62.3 Å². The van der Waals surface area contributed by atoms with Gasteiger partial charge in [-0.2, -0.15) is 5.10 Å². The van der Waals surface area contributed by atoms with Gasteiger partial charge in [0.2, 0.25) is 0 Å². The Labute approximate surface area is 318 Å². The first-order valence-corrected chi connectivity index (χ1v) is 20.4. The first kappa shape index (κ1) is 38.6. The number of carboxylic acid groups (broad SMARTS) is 1. The lowest BCUT2D eigenvalue weighted by Gasteiger charge is -2.71. The van der Waals surface area contributed by atoms with E-state index in [9.17, 15) is 9.90 Å². The Morgan fingerprint density at radius 2 is 1.75 bits per heavy atom. The van der Waals surface area contributed by atoms with Crippen LogP contribution in [0.4, 0.5) is 0 Å². The van der Waals surface area contributed by atoms with E-state index < -0.39 is 17.4 Å². The van der Waals surface area contributed by atoms with Crippen molar-refractivity contribution >= 4 is 5.97 Å². The Balaban J connectivity index is 1.35. The van der Waals surface area contributed by atoms with Crippen molar-refractivity contribution in [1.29, 1.82) is 0 Å². The van der Waals surface area contributed by atoms with Gasteiger partial charge in [-0.3, -0.25) is 9.78 Å². The number of pyridine rings is 1. The maximum atomic E-state index is 13.6. The van der Waals surface area contributed by atoms with Crippen LogP contribution in [0.5, 0.6) is 0 Å². The molecule has 9 nitrogen and oxygen atoms in total. The van der Waals surface area contributed by atoms with Crippen molar-refractivity contribution < 1.29 is 19.4 Å². The first-order chi connectivity index (χ1) is 24.7. The predicted octanol–water partition coefficient (Wildman–Crippen LogP) is 8.62. The molecule has 2 bridgehead atoms. The molecular formula is C44H67N5O4. The molecule has 4 aliphatic carbocycles. The van der Waals surface area contributed by atoms with Crippen molar-refractivity contribution in [2.75, 3.05) is 19.8 Å². The van der Waals surface area contributed by atoms with Gasteiger partial charge in [-0.05, 0) is 103 Å². The number of fused-ring (bicyclic) bond motifs is 3. The fourth-order valence-corrected chi connectivity index (χ4v) is 12.8. The number of hydrogen-bond donors (Lipinski definition) is 2. The van der Waals surface area contributed by atoms with Gasteiger partial charge in [0.05, 0.1) is 37.9 Å². The average molecular weight is 730 g/mol. The van der Waals surface area contributed by atoms with Crippen LogP contribution in [0.25, 0.3) is 11.4 Å². The van der Waals surface area contributed by atoms with Crippen molar-refractivity contribution in [2.45, 2.75) is 132 Å². The largest absolute Gasteiger partial charge is 0.481 e. The van der Waals surface area contributed by atoms with E-state index in [1.807, 2.05) is 24.5 Å². The van der Waals surface area contributed by atoms with Crippen LogP contribution in [-0.2, 0) is 14.3 Å². The summed E-state index contributed by atoms with van der Waals surface area (Å²) in [5.41, 5.74) is 7.43. The minimum atomic E-state index is -0.625. The van der Waals surface area contributed by atoms with E-state index in [1.54, 1.807) is 6.33 Å². The summed E-state index contributed by atoms with van der Waals surface area (Å²) in [5.74, 6) is 1.12. The zero-order chi connectivity index (χ0) is 38.6. The highest BCUT2D eigenvalue weighted by atomic mass is 16.5. The van der Waals surface area contributed by atoms with Crippen LogP contribution in [0.3, 0.4) is 0 Å². The highest BCUT2D eigenvalue weighted by Gasteiger charge is 2.72. The molecule has 2 aromatic rings. The van der Waals surface area contributed by atoms with Crippen LogP contribution < -0.4 is 5.73 Å². The predicted molar refractivity (Wildman–Crippen MR) is 208 cm³/mol. The lowest BCUT2D eigenvalue weighted by atomic mass is 9.34. The monoisotopic (exact) mass is 730 g/mol. The van der Waals surface area contributed by atoms with Crippen LogP contribution in [0.1, 0.15) is 121 Å². The fraction of sp³-hybridized carbons (Fsp3) is 0.773. The van der Waals surface area contributed by atoms with Crippen LogP contribution in [0.2, 0.25) is 0 Å². The van der Waals surface area contributed by atoms with Gasteiger partial charge in [0, 0.05) is 34.3 Å². The molecule has 0 radical (unpaired) electrons. The van der Waals surface area contributed by atoms with Gasteiger partial charge in [0.1, 0.15) is 6.33 Å². The molecule has 9 heteroatoms. The molecule has 3 heterocycles. The van der Waals surface area contributed by atoms with E-state index in [4.69, 9.17) is 25.3 Å². The van der Waals surface area contributed by atoms with E-state index in [2.05, 4.69) is 91.9 Å². The van der Waals surface area contributed by atoms with Gasteiger partial charge >= 0.3 is 5.97 Å². The number of nitrogens with zero attached hydrogens (tertiary/aromatic N) is 4. The number of allylic oxidation sites excluding steroid dienone is 1. The fourth-order valence-electron chi connectivity index (χ4n) is 12.8. The van der Waals surface area contributed by atoms with E-state index in [0.717, 1.165) is 49.9 Å². The molecule has 1 aliphatic heterocycles. The molecule has 1 saturated heterocycles. The van der Waals surface area contributed by atoms with Gasteiger partial charge in [0.15, 0.2) is 5.82 Å². The Bertz CT molecular complexity index is 1730. The standard InChI is InChI=1S/C44H67N5O4/c1-27(2)28(3)39(7)18-19-41(9)30-12-13-33-40(8)23-52-25-44(33,31(30)14-17-42(41,10)34(39)37(50)51)22-32(35(40)53-24-43(11,45)38(4,5)6)49-36(47-26-48-49)29-15-20-46-21-16-29/h14-16,20-21,26-28,30,32-35H,12-13,17-19,22-25,45H2,1-11H3,(H,50,51)/t28-,30+,32-,33+,34?,35+,39-,40?,41-,42+,43+,44+/m1/s1. The van der Waals surface area contributed by atoms with Crippen molar-refractivity contribution in [2.24, 2.45) is 67.8 Å². The molecule has 3 N–H and O–H groups in total. The number of ether oxygens (including phenoxy) is 2. The average Bonchev–Trinajstić information content (AvgIpc) is 3.57. The summed E-state index contributed by atoms with van der Waals surface area (Å²) in [4.78, 5) is 22.7. The molecule has 3 saturated carbocycles. The number of aromatic nitrogens is 4. The van der Waals surface area contributed by atoms with E-state index >= 15 is 0 Å². The quantitative estimate of drug-likeness (QED) is 0.259. The SMILES string of the molecule is CC(C)[C@@H](C)[C@@]1(C)CC[C@]2(C)[C@H]3CC[C@H]4C5(C)COC[C@@]4(C[C@@H](n4ncnc4-c4ccncc4)[C@@H]5OC[C@](C)(N)C(C)(C)C)C3=CC[C@@]2(C)C1C(=O)O. The van der Waals surface area contributed by atoms with Crippen molar-refractivity contribution in [3.05, 3.63) is 42.5 Å². The van der Waals surface area contributed by atoms with Crippen LogP contribution in [0.15, 0.2) is 42.5 Å². The third-order valence-electron chi connectivity index (χ3n) is 17.2. The molecule has 0 aromatic carbocycles. The Kier molecular flexibility index (Phi) is 9.26. The molecule has 53 heavy (non-hydrogen) atoms. The summed E-state index contributed by atoms with van der Waals surface area (Å²) in [6, 6.07) is 3.89. The molecule has 0 amide bonds. The van der Waals surface area contributed by atoms with Crippen molar-refractivity contribution in [3.63, 3.8) is 0 Å². The summed E-state index contributed by atoms with van der Waals surface area (Å²) in [5, 5.41) is 16.1. The third kappa shape index (κ3) is 5.47.